The summed E-state index contributed by atoms with van der Waals surface area (Å²) in [6.45, 7) is 0. The minimum atomic E-state index is -3.59. The van der Waals surface area contributed by atoms with Gasteiger partial charge in [0.2, 0.25) is 0 Å². The third-order valence-corrected chi connectivity index (χ3v) is 5.00. The summed E-state index contributed by atoms with van der Waals surface area (Å²) >= 11 is 1.34. The largest absolute Gasteiger partial charge is 0.398 e. The summed E-state index contributed by atoms with van der Waals surface area (Å²) in [4.78, 5) is 0.555. The van der Waals surface area contributed by atoms with E-state index >= 15 is 0 Å². The van der Waals surface area contributed by atoms with Crippen LogP contribution < -0.4 is 5.73 Å². The Morgan fingerprint density at radius 3 is 2.71 bits per heavy atom. The number of anilines is 1. The van der Waals surface area contributed by atoms with Gasteiger partial charge in [-0.1, -0.05) is 6.07 Å². The molecule has 0 amide bonds. The maximum absolute atomic E-state index is 13.0. The molecule has 90 valence electrons. The van der Waals surface area contributed by atoms with Crippen molar-refractivity contribution in [2.45, 2.75) is 10.6 Å². The van der Waals surface area contributed by atoms with Gasteiger partial charge in [0.05, 0.1) is 16.3 Å². The predicted octanol–water partition coefficient (Wildman–Crippen LogP) is 2.44. The minimum Gasteiger partial charge on any atom is -0.398 e. The van der Waals surface area contributed by atoms with Crippen molar-refractivity contribution in [1.82, 2.24) is 0 Å². The fourth-order valence-electron chi connectivity index (χ4n) is 1.44. The topological polar surface area (TPSA) is 60.2 Å². The van der Waals surface area contributed by atoms with Crippen LogP contribution in [0, 0.1) is 5.82 Å². The highest BCUT2D eigenvalue weighted by Gasteiger charge is 2.19. The molecule has 3 nitrogen and oxygen atoms in total. The van der Waals surface area contributed by atoms with Crippen molar-refractivity contribution >= 4 is 26.9 Å². The lowest BCUT2D eigenvalue weighted by molar-refractivity contribution is 0.591. The van der Waals surface area contributed by atoms with Gasteiger partial charge in [-0.25, -0.2) is 12.8 Å². The summed E-state index contributed by atoms with van der Waals surface area (Å²) in [6, 6.07) is 6.84. The standard InChI is InChI=1S/C11H10FNO2S2/c12-8-3-4-10(13)11(6-8)17(14,15)7-9-2-1-5-16-9/h1-6H,7,13H2. The molecule has 2 N–H and O–H groups in total. The van der Waals surface area contributed by atoms with E-state index in [1.807, 2.05) is 0 Å². The van der Waals surface area contributed by atoms with E-state index in [2.05, 4.69) is 0 Å². The van der Waals surface area contributed by atoms with Gasteiger partial charge < -0.3 is 5.73 Å². The molecule has 0 unspecified atom stereocenters. The third kappa shape index (κ3) is 2.65. The van der Waals surface area contributed by atoms with Crippen molar-refractivity contribution in [2.75, 3.05) is 5.73 Å². The van der Waals surface area contributed by atoms with Crippen LogP contribution >= 0.6 is 11.3 Å². The quantitative estimate of drug-likeness (QED) is 0.872. The van der Waals surface area contributed by atoms with Crippen molar-refractivity contribution in [1.29, 1.82) is 0 Å². The van der Waals surface area contributed by atoms with Gasteiger partial charge in [0.25, 0.3) is 0 Å². The zero-order valence-electron chi connectivity index (χ0n) is 8.76. The molecule has 2 aromatic rings. The van der Waals surface area contributed by atoms with Crippen LogP contribution in [0.1, 0.15) is 4.88 Å². The van der Waals surface area contributed by atoms with Gasteiger partial charge in [-0.2, -0.15) is 0 Å². The molecule has 1 aromatic heterocycles. The van der Waals surface area contributed by atoms with E-state index in [0.29, 0.717) is 4.88 Å². The van der Waals surface area contributed by atoms with Gasteiger partial charge in [0, 0.05) is 4.88 Å². The van der Waals surface area contributed by atoms with Crippen molar-refractivity contribution < 1.29 is 12.8 Å². The highest BCUT2D eigenvalue weighted by atomic mass is 32.2. The summed E-state index contributed by atoms with van der Waals surface area (Å²) in [5, 5.41) is 1.79. The first-order valence-electron chi connectivity index (χ1n) is 4.79. The van der Waals surface area contributed by atoms with E-state index in [9.17, 15) is 12.8 Å². The molecule has 17 heavy (non-hydrogen) atoms. The van der Waals surface area contributed by atoms with Gasteiger partial charge in [0.1, 0.15) is 5.82 Å². The highest BCUT2D eigenvalue weighted by Crippen LogP contribution is 2.24. The van der Waals surface area contributed by atoms with Crippen LogP contribution in [-0.2, 0) is 15.6 Å². The molecule has 0 radical (unpaired) electrons. The zero-order valence-corrected chi connectivity index (χ0v) is 10.4. The monoisotopic (exact) mass is 271 g/mol. The number of nitrogens with two attached hydrogens (primary N) is 1. The molecule has 1 heterocycles. The Morgan fingerprint density at radius 2 is 2.06 bits per heavy atom. The molecular formula is C11H10FNO2S2. The van der Waals surface area contributed by atoms with Crippen LogP contribution in [0.15, 0.2) is 40.6 Å². The van der Waals surface area contributed by atoms with Crippen LogP contribution in [0.25, 0.3) is 0 Å². The van der Waals surface area contributed by atoms with Crippen molar-refractivity contribution in [3.8, 4) is 0 Å². The Balaban J connectivity index is 2.41. The number of thiophene rings is 1. The number of benzene rings is 1. The van der Waals surface area contributed by atoms with E-state index < -0.39 is 15.7 Å². The molecular weight excluding hydrogens is 261 g/mol. The first-order valence-corrected chi connectivity index (χ1v) is 7.32. The number of halogens is 1. The normalized spacial score (nSPS) is 11.6. The molecule has 0 fully saturated rings. The fraction of sp³-hybridized carbons (Fsp3) is 0.0909. The van der Waals surface area contributed by atoms with Crippen LogP contribution in [0.4, 0.5) is 10.1 Å². The molecule has 0 aliphatic heterocycles. The zero-order chi connectivity index (χ0) is 12.5. The van der Waals surface area contributed by atoms with E-state index in [1.54, 1.807) is 17.5 Å². The Morgan fingerprint density at radius 1 is 1.29 bits per heavy atom. The average molecular weight is 271 g/mol. The summed E-state index contributed by atoms with van der Waals surface area (Å²) in [5.74, 6) is -0.762. The molecule has 1 aromatic carbocycles. The Kier molecular flexibility index (Phi) is 3.17. The van der Waals surface area contributed by atoms with Gasteiger partial charge in [0.15, 0.2) is 9.84 Å². The van der Waals surface area contributed by atoms with E-state index in [4.69, 9.17) is 5.73 Å². The summed E-state index contributed by atoms with van der Waals surface area (Å²) in [6.07, 6.45) is 0. The fourth-order valence-corrected chi connectivity index (χ4v) is 4.01. The molecule has 0 aliphatic rings. The first-order chi connectivity index (χ1) is 7.99. The lowest BCUT2D eigenvalue weighted by Crippen LogP contribution is -2.07. The maximum atomic E-state index is 13.0. The molecule has 0 atom stereocenters. The maximum Gasteiger partial charge on any atom is 0.185 e. The van der Waals surface area contributed by atoms with Gasteiger partial charge in [-0.3, -0.25) is 0 Å². The number of rotatable bonds is 3. The first kappa shape index (κ1) is 12.1. The molecule has 0 spiro atoms. The second kappa shape index (κ2) is 4.46. The molecule has 2 rings (SSSR count). The van der Waals surface area contributed by atoms with E-state index in [-0.39, 0.29) is 16.3 Å². The summed E-state index contributed by atoms with van der Waals surface area (Å²) in [5.41, 5.74) is 5.63. The predicted molar refractivity (Wildman–Crippen MR) is 66.0 cm³/mol. The van der Waals surface area contributed by atoms with Gasteiger partial charge >= 0.3 is 0 Å². The van der Waals surface area contributed by atoms with Crippen LogP contribution in [0.2, 0.25) is 0 Å². The molecule has 0 aliphatic carbocycles. The molecule has 6 heteroatoms. The highest BCUT2D eigenvalue weighted by molar-refractivity contribution is 7.91. The Bertz CT molecular complexity index is 621. The second-order valence-electron chi connectivity index (χ2n) is 3.52. The molecule has 0 bridgehead atoms. The number of sulfone groups is 1. The summed E-state index contributed by atoms with van der Waals surface area (Å²) in [7, 11) is -3.59. The lowest BCUT2D eigenvalue weighted by atomic mass is 10.3. The van der Waals surface area contributed by atoms with E-state index in [1.165, 1.54) is 17.4 Å². The third-order valence-electron chi connectivity index (χ3n) is 2.22. The van der Waals surface area contributed by atoms with Crippen LogP contribution in [0.5, 0.6) is 0 Å². The minimum absolute atomic E-state index is 0.0722. The average Bonchev–Trinajstić information content (AvgIpc) is 2.73. The lowest BCUT2D eigenvalue weighted by Gasteiger charge is -2.06. The molecule has 0 saturated carbocycles. The number of nitrogen functional groups attached to an aromatic ring is 1. The number of hydrogen-bond acceptors (Lipinski definition) is 4. The van der Waals surface area contributed by atoms with E-state index in [0.717, 1.165) is 12.1 Å². The van der Waals surface area contributed by atoms with Crippen LogP contribution in [-0.4, -0.2) is 8.42 Å². The van der Waals surface area contributed by atoms with Gasteiger partial charge in [-0.15, -0.1) is 11.3 Å². The molecule has 0 saturated heterocycles. The van der Waals surface area contributed by atoms with Crippen molar-refractivity contribution in [3.63, 3.8) is 0 Å². The van der Waals surface area contributed by atoms with Crippen LogP contribution in [0.3, 0.4) is 0 Å². The smallest absolute Gasteiger partial charge is 0.185 e. The summed E-state index contributed by atoms with van der Waals surface area (Å²) < 4.78 is 37.1. The van der Waals surface area contributed by atoms with Gasteiger partial charge in [-0.05, 0) is 29.6 Å². The van der Waals surface area contributed by atoms with Crippen molar-refractivity contribution in [2.24, 2.45) is 0 Å². The number of hydrogen-bond donors (Lipinski definition) is 1. The second-order valence-corrected chi connectivity index (χ2v) is 6.51. The van der Waals surface area contributed by atoms with Crippen molar-refractivity contribution in [3.05, 3.63) is 46.4 Å². The Labute approximate surface area is 103 Å². The SMILES string of the molecule is Nc1ccc(F)cc1S(=O)(=O)Cc1cccs1. The Hall–Kier alpha value is -1.40.